The molecule has 0 amide bonds. The molecule has 0 fully saturated rings. The van der Waals surface area contributed by atoms with Crippen molar-refractivity contribution in [2.24, 2.45) is 0 Å². The molecular weight excluding hydrogens is 256 g/mol. The number of rotatable bonds is 7. The summed E-state index contributed by atoms with van der Waals surface area (Å²) in [6, 6.07) is 6.26. The number of hydrogen-bond donors (Lipinski definition) is 1. The van der Waals surface area contributed by atoms with Crippen molar-refractivity contribution in [2.45, 2.75) is 13.5 Å². The van der Waals surface area contributed by atoms with E-state index in [2.05, 4.69) is 5.32 Å². The van der Waals surface area contributed by atoms with Crippen molar-refractivity contribution in [1.82, 2.24) is 5.32 Å². The molecule has 0 aliphatic heterocycles. The minimum atomic E-state index is -2.97. The lowest BCUT2D eigenvalue weighted by atomic mass is 10.2. The normalized spacial score (nSPS) is 11.4. The van der Waals surface area contributed by atoms with Gasteiger partial charge in [-0.05, 0) is 5.56 Å². The highest BCUT2D eigenvalue weighted by Crippen LogP contribution is 2.12. The highest BCUT2D eigenvalue weighted by atomic mass is 32.2. The van der Waals surface area contributed by atoms with Crippen molar-refractivity contribution < 1.29 is 13.3 Å². The number of hydrogen-bond acceptors (Lipinski definition) is 5. The zero-order valence-corrected chi connectivity index (χ0v) is 10.9. The van der Waals surface area contributed by atoms with E-state index in [1.54, 1.807) is 19.1 Å². The first-order valence-electron chi connectivity index (χ1n) is 5.59. The molecule has 1 rings (SSSR count). The van der Waals surface area contributed by atoms with Crippen LogP contribution in [0.3, 0.4) is 0 Å². The third-order valence-electron chi connectivity index (χ3n) is 2.48. The maximum Gasteiger partial charge on any atom is 0.269 e. The molecule has 7 heteroatoms. The Morgan fingerprint density at radius 1 is 1.39 bits per heavy atom. The van der Waals surface area contributed by atoms with E-state index in [9.17, 15) is 18.5 Å². The summed E-state index contributed by atoms with van der Waals surface area (Å²) in [5.74, 6) is 0.212. The van der Waals surface area contributed by atoms with Crippen LogP contribution in [0, 0.1) is 10.1 Å². The van der Waals surface area contributed by atoms with Crippen molar-refractivity contribution >= 4 is 15.5 Å². The maximum absolute atomic E-state index is 11.2. The van der Waals surface area contributed by atoms with E-state index in [1.165, 1.54) is 12.1 Å². The van der Waals surface area contributed by atoms with Crippen molar-refractivity contribution in [2.75, 3.05) is 18.1 Å². The molecule has 0 atom stereocenters. The lowest BCUT2D eigenvalue weighted by Gasteiger charge is -2.05. The largest absolute Gasteiger partial charge is 0.312 e. The van der Waals surface area contributed by atoms with Crippen molar-refractivity contribution in [3.8, 4) is 0 Å². The van der Waals surface area contributed by atoms with Crippen LogP contribution in [0.1, 0.15) is 12.5 Å². The summed E-state index contributed by atoms with van der Waals surface area (Å²) in [6.45, 7) is 2.37. The molecule has 6 nitrogen and oxygen atoms in total. The number of benzene rings is 1. The van der Waals surface area contributed by atoms with Gasteiger partial charge in [0, 0.05) is 31.0 Å². The summed E-state index contributed by atoms with van der Waals surface area (Å²) in [5.41, 5.74) is 0.800. The van der Waals surface area contributed by atoms with Gasteiger partial charge >= 0.3 is 0 Å². The zero-order valence-electron chi connectivity index (χ0n) is 10.1. The highest BCUT2D eigenvalue weighted by molar-refractivity contribution is 7.91. The molecule has 100 valence electrons. The summed E-state index contributed by atoms with van der Waals surface area (Å²) in [6.07, 6.45) is 0. The minimum Gasteiger partial charge on any atom is -0.312 e. The van der Waals surface area contributed by atoms with Gasteiger partial charge < -0.3 is 5.32 Å². The average Bonchev–Trinajstić information content (AvgIpc) is 2.35. The second-order valence-electron chi connectivity index (χ2n) is 3.84. The van der Waals surface area contributed by atoms with Crippen LogP contribution in [0.2, 0.25) is 0 Å². The van der Waals surface area contributed by atoms with E-state index in [-0.39, 0.29) is 17.2 Å². The second-order valence-corrected chi connectivity index (χ2v) is 6.31. The molecule has 0 aliphatic carbocycles. The number of sulfone groups is 1. The third kappa shape index (κ3) is 4.80. The van der Waals surface area contributed by atoms with E-state index in [0.29, 0.717) is 13.1 Å². The summed E-state index contributed by atoms with van der Waals surface area (Å²) in [7, 11) is -2.97. The molecule has 0 unspecified atom stereocenters. The van der Waals surface area contributed by atoms with Crippen LogP contribution in [0.5, 0.6) is 0 Å². The van der Waals surface area contributed by atoms with Crippen molar-refractivity contribution in [1.29, 1.82) is 0 Å². The van der Waals surface area contributed by atoms with Gasteiger partial charge in [-0.15, -0.1) is 0 Å². The molecule has 18 heavy (non-hydrogen) atoms. The average molecular weight is 272 g/mol. The van der Waals surface area contributed by atoms with Gasteiger partial charge in [-0.25, -0.2) is 8.42 Å². The number of nitro groups is 1. The number of nitrogens with one attached hydrogen (secondary N) is 1. The lowest BCUT2D eigenvalue weighted by Crippen LogP contribution is -2.23. The van der Waals surface area contributed by atoms with Gasteiger partial charge in [0.2, 0.25) is 0 Å². The Morgan fingerprint density at radius 2 is 2.11 bits per heavy atom. The molecule has 1 aromatic rings. The van der Waals surface area contributed by atoms with Crippen LogP contribution >= 0.6 is 0 Å². The van der Waals surface area contributed by atoms with E-state index in [1.807, 2.05) is 0 Å². The zero-order chi connectivity index (χ0) is 13.6. The topological polar surface area (TPSA) is 89.3 Å². The molecular formula is C11H16N2O4S. The Hall–Kier alpha value is -1.47. The number of nitrogens with zero attached hydrogens (tertiary/aromatic N) is 1. The predicted molar refractivity (Wildman–Crippen MR) is 69.1 cm³/mol. The minimum absolute atomic E-state index is 0.0375. The van der Waals surface area contributed by atoms with E-state index in [4.69, 9.17) is 0 Å². The highest BCUT2D eigenvalue weighted by Gasteiger charge is 2.07. The molecule has 0 radical (unpaired) electrons. The Labute approximate surface area is 106 Å². The first-order chi connectivity index (χ1) is 8.44. The van der Waals surface area contributed by atoms with Crippen LogP contribution in [0.25, 0.3) is 0 Å². The second kappa shape index (κ2) is 6.46. The molecule has 1 N–H and O–H groups in total. The Morgan fingerprint density at radius 3 is 2.72 bits per heavy atom. The molecule has 0 aliphatic rings. The molecule has 0 saturated carbocycles. The van der Waals surface area contributed by atoms with E-state index >= 15 is 0 Å². The smallest absolute Gasteiger partial charge is 0.269 e. The predicted octanol–water partition coefficient (Wildman–Crippen LogP) is 1.12. The van der Waals surface area contributed by atoms with Crippen LogP contribution in [0.15, 0.2) is 24.3 Å². The summed E-state index contributed by atoms with van der Waals surface area (Å²) in [5, 5.41) is 13.5. The van der Waals surface area contributed by atoms with E-state index in [0.717, 1.165) is 5.56 Å². The van der Waals surface area contributed by atoms with Gasteiger partial charge in [0.05, 0.1) is 10.7 Å². The molecule has 0 aromatic heterocycles. The van der Waals surface area contributed by atoms with Gasteiger partial charge in [-0.1, -0.05) is 19.1 Å². The molecule has 0 bridgehead atoms. The van der Waals surface area contributed by atoms with Crippen LogP contribution in [-0.2, 0) is 16.4 Å². The Kier molecular flexibility index (Phi) is 5.24. The first-order valence-corrected chi connectivity index (χ1v) is 7.41. The standard InChI is InChI=1S/C11H16N2O4S/c1-2-18(16,17)7-6-12-9-10-4-3-5-11(8-10)13(14)15/h3-5,8,12H,2,6-7,9H2,1H3. The van der Waals surface area contributed by atoms with Gasteiger partial charge in [-0.2, -0.15) is 0 Å². The van der Waals surface area contributed by atoms with Gasteiger partial charge in [-0.3, -0.25) is 10.1 Å². The maximum atomic E-state index is 11.2. The fraction of sp³-hybridized carbons (Fsp3) is 0.455. The summed E-state index contributed by atoms with van der Waals surface area (Å²) < 4.78 is 22.4. The first kappa shape index (κ1) is 14.6. The molecule has 0 saturated heterocycles. The van der Waals surface area contributed by atoms with Gasteiger partial charge in [0.15, 0.2) is 9.84 Å². The molecule has 1 aromatic carbocycles. The number of nitro benzene ring substituents is 1. The van der Waals surface area contributed by atoms with Crippen molar-refractivity contribution in [3.63, 3.8) is 0 Å². The summed E-state index contributed by atoms with van der Waals surface area (Å²) >= 11 is 0. The summed E-state index contributed by atoms with van der Waals surface area (Å²) in [4.78, 5) is 10.1. The van der Waals surface area contributed by atoms with Crippen LogP contribution in [-0.4, -0.2) is 31.4 Å². The number of non-ortho nitro benzene ring substituents is 1. The fourth-order valence-corrected chi connectivity index (χ4v) is 2.13. The van der Waals surface area contributed by atoms with Crippen LogP contribution < -0.4 is 5.32 Å². The quantitative estimate of drug-likeness (QED) is 0.456. The van der Waals surface area contributed by atoms with E-state index < -0.39 is 14.8 Å². The Balaban J connectivity index is 2.45. The SMILES string of the molecule is CCS(=O)(=O)CCNCc1cccc([N+](=O)[O-])c1. The van der Waals surface area contributed by atoms with Crippen LogP contribution in [0.4, 0.5) is 5.69 Å². The third-order valence-corrected chi connectivity index (χ3v) is 4.19. The van der Waals surface area contributed by atoms with Gasteiger partial charge in [0.25, 0.3) is 5.69 Å². The molecule has 0 spiro atoms. The Bertz CT molecular complexity index is 514. The van der Waals surface area contributed by atoms with Crippen molar-refractivity contribution in [3.05, 3.63) is 39.9 Å². The lowest BCUT2D eigenvalue weighted by molar-refractivity contribution is -0.384. The molecule has 0 heterocycles. The van der Waals surface area contributed by atoms with Gasteiger partial charge in [0.1, 0.15) is 0 Å². The monoisotopic (exact) mass is 272 g/mol. The fourth-order valence-electron chi connectivity index (χ4n) is 1.38.